The molecule has 1 fully saturated rings. The first-order valence-corrected chi connectivity index (χ1v) is 7.74. The van der Waals surface area contributed by atoms with Crippen LogP contribution >= 0.6 is 0 Å². The normalized spacial score (nSPS) is 20.4. The fraction of sp³-hybridized carbons (Fsp3) is 1.00. The van der Waals surface area contributed by atoms with Crippen LogP contribution in [0.2, 0.25) is 11.1 Å². The van der Waals surface area contributed by atoms with E-state index in [2.05, 4.69) is 13.8 Å². The van der Waals surface area contributed by atoms with Crippen molar-refractivity contribution < 1.29 is 8.85 Å². The van der Waals surface area contributed by atoms with E-state index in [1.165, 1.54) is 32.1 Å². The van der Waals surface area contributed by atoms with Gasteiger partial charge in [0.25, 0.3) is 0 Å². The van der Waals surface area contributed by atoms with Crippen molar-refractivity contribution in [3.05, 3.63) is 0 Å². The molecule has 0 aromatic rings. The van der Waals surface area contributed by atoms with Crippen LogP contribution in [-0.4, -0.2) is 22.8 Å². The Morgan fingerprint density at radius 1 is 1.00 bits per heavy atom. The first-order valence-electron chi connectivity index (χ1n) is 5.77. The zero-order valence-electron chi connectivity index (χ0n) is 10.0. The van der Waals surface area contributed by atoms with Gasteiger partial charge in [0.1, 0.15) is 0 Å². The van der Waals surface area contributed by atoms with Crippen LogP contribution in [0.1, 0.15) is 46.0 Å². The molecular formula is C11H24O2Si. The Labute approximate surface area is 89.2 Å². The molecule has 0 saturated heterocycles. The van der Waals surface area contributed by atoms with Crippen molar-refractivity contribution >= 4 is 8.56 Å². The molecule has 14 heavy (non-hydrogen) atoms. The summed E-state index contributed by atoms with van der Waals surface area (Å²) in [6.07, 6.45) is 6.74. The van der Waals surface area contributed by atoms with Gasteiger partial charge in [-0.15, -0.1) is 0 Å². The van der Waals surface area contributed by atoms with E-state index in [1.807, 2.05) is 14.2 Å². The molecule has 1 saturated carbocycles. The smallest absolute Gasteiger partial charge is 0.343 e. The maximum Gasteiger partial charge on any atom is 0.343 e. The van der Waals surface area contributed by atoms with Crippen LogP contribution in [0, 0.1) is 0 Å². The van der Waals surface area contributed by atoms with Gasteiger partial charge in [-0.05, 0) is 18.4 Å². The maximum atomic E-state index is 5.80. The Hall–Kier alpha value is 0.137. The summed E-state index contributed by atoms with van der Waals surface area (Å²) in [5.74, 6) is 0. The highest BCUT2D eigenvalue weighted by atomic mass is 28.4. The van der Waals surface area contributed by atoms with E-state index in [0.717, 1.165) is 0 Å². The minimum atomic E-state index is -1.92. The Morgan fingerprint density at radius 2 is 1.50 bits per heavy atom. The molecule has 3 heteroatoms. The Kier molecular flexibility index (Phi) is 4.61. The van der Waals surface area contributed by atoms with Gasteiger partial charge in [0.2, 0.25) is 0 Å². The van der Waals surface area contributed by atoms with Crippen LogP contribution in [0.3, 0.4) is 0 Å². The monoisotopic (exact) mass is 216 g/mol. The fourth-order valence-electron chi connectivity index (χ4n) is 2.86. The molecular weight excluding hydrogens is 192 g/mol. The highest BCUT2D eigenvalue weighted by Crippen LogP contribution is 2.43. The molecule has 0 atom stereocenters. The second-order valence-electron chi connectivity index (χ2n) is 4.62. The van der Waals surface area contributed by atoms with E-state index in [1.54, 1.807) is 0 Å². The van der Waals surface area contributed by atoms with Crippen molar-refractivity contribution in [3.63, 3.8) is 0 Å². The SMILES string of the molecule is CO[Si](OC)(C(C)C)C1CCCCC1. The van der Waals surface area contributed by atoms with Gasteiger partial charge in [-0.2, -0.15) is 0 Å². The minimum absolute atomic E-state index is 0.556. The van der Waals surface area contributed by atoms with Crippen molar-refractivity contribution in [2.75, 3.05) is 14.2 Å². The molecule has 0 aliphatic heterocycles. The van der Waals surface area contributed by atoms with Crippen LogP contribution in [-0.2, 0) is 8.85 Å². The second-order valence-corrected chi connectivity index (χ2v) is 8.85. The van der Waals surface area contributed by atoms with Gasteiger partial charge in [0.05, 0.1) is 0 Å². The topological polar surface area (TPSA) is 18.5 Å². The lowest BCUT2D eigenvalue weighted by Gasteiger charge is -2.40. The molecule has 0 N–H and O–H groups in total. The van der Waals surface area contributed by atoms with Gasteiger partial charge >= 0.3 is 8.56 Å². The van der Waals surface area contributed by atoms with Crippen LogP contribution < -0.4 is 0 Å². The molecule has 0 aromatic carbocycles. The van der Waals surface area contributed by atoms with Crippen LogP contribution in [0.5, 0.6) is 0 Å². The number of hydrogen-bond donors (Lipinski definition) is 0. The average molecular weight is 216 g/mol. The lowest BCUT2D eigenvalue weighted by Crippen LogP contribution is -2.48. The molecule has 2 nitrogen and oxygen atoms in total. The Bertz CT molecular complexity index is 161. The van der Waals surface area contributed by atoms with E-state index in [4.69, 9.17) is 8.85 Å². The highest BCUT2D eigenvalue weighted by molar-refractivity contribution is 6.70. The van der Waals surface area contributed by atoms with E-state index >= 15 is 0 Å². The van der Waals surface area contributed by atoms with Gasteiger partial charge in [-0.25, -0.2) is 0 Å². The quantitative estimate of drug-likeness (QED) is 0.670. The molecule has 84 valence electrons. The van der Waals surface area contributed by atoms with Crippen molar-refractivity contribution in [1.29, 1.82) is 0 Å². The molecule has 0 aromatic heterocycles. The first-order chi connectivity index (χ1) is 6.67. The summed E-state index contributed by atoms with van der Waals surface area (Å²) < 4.78 is 11.6. The molecule has 1 rings (SSSR count). The maximum absolute atomic E-state index is 5.80. The van der Waals surface area contributed by atoms with Gasteiger partial charge < -0.3 is 8.85 Å². The van der Waals surface area contributed by atoms with Gasteiger partial charge in [0, 0.05) is 19.8 Å². The molecule has 0 amide bonds. The lowest BCUT2D eigenvalue weighted by atomic mass is 10.0. The van der Waals surface area contributed by atoms with E-state index < -0.39 is 8.56 Å². The Morgan fingerprint density at radius 3 is 1.86 bits per heavy atom. The third kappa shape index (κ3) is 2.20. The third-order valence-corrected chi connectivity index (χ3v) is 8.22. The summed E-state index contributed by atoms with van der Waals surface area (Å²) in [5, 5.41) is 0. The predicted octanol–water partition coefficient (Wildman–Crippen LogP) is 3.47. The summed E-state index contributed by atoms with van der Waals surface area (Å²) >= 11 is 0. The highest BCUT2D eigenvalue weighted by Gasteiger charge is 2.47. The van der Waals surface area contributed by atoms with Crippen molar-refractivity contribution in [3.8, 4) is 0 Å². The van der Waals surface area contributed by atoms with Gasteiger partial charge in [-0.3, -0.25) is 0 Å². The first kappa shape index (κ1) is 12.2. The average Bonchev–Trinajstić information content (AvgIpc) is 2.22. The fourth-order valence-corrected chi connectivity index (χ4v) is 6.80. The van der Waals surface area contributed by atoms with Gasteiger partial charge in [0.15, 0.2) is 0 Å². The van der Waals surface area contributed by atoms with Crippen molar-refractivity contribution in [1.82, 2.24) is 0 Å². The molecule has 0 radical (unpaired) electrons. The summed E-state index contributed by atoms with van der Waals surface area (Å²) in [7, 11) is 1.76. The van der Waals surface area contributed by atoms with Crippen molar-refractivity contribution in [2.45, 2.75) is 57.0 Å². The zero-order valence-corrected chi connectivity index (χ0v) is 11.0. The van der Waals surface area contributed by atoms with Crippen molar-refractivity contribution in [2.24, 2.45) is 0 Å². The lowest BCUT2D eigenvalue weighted by molar-refractivity contribution is 0.207. The number of rotatable bonds is 4. The largest absolute Gasteiger partial charge is 0.397 e. The standard InChI is InChI=1S/C11H24O2Si/c1-10(2)14(12-3,13-4)11-8-6-5-7-9-11/h10-11H,5-9H2,1-4H3. The molecule has 1 aliphatic carbocycles. The zero-order chi connectivity index (χ0) is 10.6. The van der Waals surface area contributed by atoms with Crippen LogP contribution in [0.25, 0.3) is 0 Å². The molecule has 0 spiro atoms. The summed E-state index contributed by atoms with van der Waals surface area (Å²) in [5.41, 5.74) is 1.27. The molecule has 0 heterocycles. The van der Waals surface area contributed by atoms with Gasteiger partial charge in [-0.1, -0.05) is 33.1 Å². The molecule has 0 unspecified atom stereocenters. The summed E-state index contributed by atoms with van der Waals surface area (Å²) in [6, 6.07) is 0. The van der Waals surface area contributed by atoms with E-state index in [0.29, 0.717) is 11.1 Å². The summed E-state index contributed by atoms with van der Waals surface area (Å²) in [6.45, 7) is 4.49. The van der Waals surface area contributed by atoms with Crippen LogP contribution in [0.4, 0.5) is 0 Å². The predicted molar refractivity (Wildman–Crippen MR) is 61.7 cm³/mol. The minimum Gasteiger partial charge on any atom is -0.397 e. The summed E-state index contributed by atoms with van der Waals surface area (Å²) in [4.78, 5) is 0. The number of hydrogen-bond acceptors (Lipinski definition) is 2. The molecule has 1 aliphatic rings. The second kappa shape index (κ2) is 5.28. The van der Waals surface area contributed by atoms with E-state index in [9.17, 15) is 0 Å². The Balaban J connectivity index is 2.73. The third-order valence-electron chi connectivity index (χ3n) is 3.62. The molecule has 0 bridgehead atoms. The van der Waals surface area contributed by atoms with Crippen LogP contribution in [0.15, 0.2) is 0 Å². The van der Waals surface area contributed by atoms with E-state index in [-0.39, 0.29) is 0 Å².